The fourth-order valence-electron chi connectivity index (χ4n) is 2.26. The number of fused-ring (bicyclic) bond motifs is 1. The van der Waals surface area contributed by atoms with Gasteiger partial charge in [0.2, 0.25) is 0 Å². The van der Waals surface area contributed by atoms with Crippen molar-refractivity contribution in [1.29, 1.82) is 0 Å². The highest BCUT2D eigenvalue weighted by molar-refractivity contribution is 6.29. The summed E-state index contributed by atoms with van der Waals surface area (Å²) in [4.78, 5) is 8.50. The molecular formula is C14H13ClN2O. The van der Waals surface area contributed by atoms with Gasteiger partial charge in [-0.1, -0.05) is 23.7 Å². The Morgan fingerprint density at radius 2 is 2.11 bits per heavy atom. The molecule has 3 rings (SSSR count). The van der Waals surface area contributed by atoms with E-state index in [0.29, 0.717) is 11.0 Å². The van der Waals surface area contributed by atoms with Crippen LogP contribution in [0.5, 0.6) is 5.75 Å². The maximum atomic E-state index is 6.00. The maximum absolute atomic E-state index is 6.00. The molecule has 1 aliphatic rings. The Morgan fingerprint density at radius 3 is 2.89 bits per heavy atom. The molecule has 0 radical (unpaired) electrons. The summed E-state index contributed by atoms with van der Waals surface area (Å²) < 4.78 is 6.00. The van der Waals surface area contributed by atoms with Gasteiger partial charge < -0.3 is 4.74 Å². The minimum atomic E-state index is -0.170. The first-order valence-corrected chi connectivity index (χ1v) is 6.23. The Kier molecular flexibility index (Phi) is 2.52. The third-order valence-electron chi connectivity index (χ3n) is 2.95. The van der Waals surface area contributed by atoms with Crippen molar-refractivity contribution >= 4 is 11.6 Å². The average molecular weight is 261 g/mol. The summed E-state index contributed by atoms with van der Waals surface area (Å²) in [5.41, 5.74) is 1.93. The van der Waals surface area contributed by atoms with Crippen LogP contribution in [0.1, 0.15) is 19.4 Å². The zero-order valence-electron chi connectivity index (χ0n) is 10.3. The molecule has 0 spiro atoms. The number of hydrogen-bond acceptors (Lipinski definition) is 3. The lowest BCUT2D eigenvalue weighted by atomic mass is 10.0. The summed E-state index contributed by atoms with van der Waals surface area (Å²) in [5, 5.41) is 0.440. The fourth-order valence-corrected chi connectivity index (χ4v) is 2.39. The molecule has 4 heteroatoms. The molecule has 92 valence electrons. The second-order valence-corrected chi connectivity index (χ2v) is 5.42. The van der Waals surface area contributed by atoms with Crippen molar-refractivity contribution in [2.75, 3.05) is 0 Å². The predicted molar refractivity (Wildman–Crippen MR) is 70.9 cm³/mol. The minimum absolute atomic E-state index is 0.170. The van der Waals surface area contributed by atoms with E-state index in [1.165, 1.54) is 5.56 Å². The molecule has 1 aliphatic heterocycles. The van der Waals surface area contributed by atoms with Crippen LogP contribution in [0.25, 0.3) is 11.4 Å². The first kappa shape index (κ1) is 11.5. The molecule has 2 heterocycles. The maximum Gasteiger partial charge on any atom is 0.164 e. The van der Waals surface area contributed by atoms with Crippen LogP contribution < -0.4 is 4.74 Å². The van der Waals surface area contributed by atoms with Crippen molar-refractivity contribution in [3.63, 3.8) is 0 Å². The van der Waals surface area contributed by atoms with Gasteiger partial charge in [-0.25, -0.2) is 9.97 Å². The number of nitrogens with zero attached hydrogens (tertiary/aromatic N) is 2. The van der Waals surface area contributed by atoms with Crippen molar-refractivity contribution < 1.29 is 4.74 Å². The van der Waals surface area contributed by atoms with E-state index in [4.69, 9.17) is 16.3 Å². The van der Waals surface area contributed by atoms with Crippen molar-refractivity contribution in [2.24, 2.45) is 0 Å². The highest BCUT2D eigenvalue weighted by Crippen LogP contribution is 2.41. The van der Waals surface area contributed by atoms with Crippen molar-refractivity contribution in [2.45, 2.75) is 25.9 Å². The topological polar surface area (TPSA) is 35.0 Å². The summed E-state index contributed by atoms with van der Waals surface area (Å²) >= 11 is 5.91. The number of rotatable bonds is 1. The number of halogens is 1. The van der Waals surface area contributed by atoms with E-state index in [0.717, 1.165) is 17.7 Å². The predicted octanol–water partition coefficient (Wildman–Crippen LogP) is 3.51. The smallest absolute Gasteiger partial charge is 0.164 e. The Bertz CT molecular complexity index is 610. The SMILES string of the molecule is CC1(C)Cc2cccc(-c3nccc(Cl)n3)c2O1. The van der Waals surface area contributed by atoms with E-state index >= 15 is 0 Å². The van der Waals surface area contributed by atoms with Gasteiger partial charge in [-0.3, -0.25) is 0 Å². The Morgan fingerprint density at radius 1 is 1.28 bits per heavy atom. The summed E-state index contributed by atoms with van der Waals surface area (Å²) in [5.74, 6) is 1.49. The third-order valence-corrected chi connectivity index (χ3v) is 3.16. The van der Waals surface area contributed by atoms with Gasteiger partial charge >= 0.3 is 0 Å². The van der Waals surface area contributed by atoms with Crippen LogP contribution in [0.3, 0.4) is 0 Å². The number of ether oxygens (including phenoxy) is 1. The number of aromatic nitrogens is 2. The van der Waals surface area contributed by atoms with Gasteiger partial charge in [0.15, 0.2) is 5.82 Å². The van der Waals surface area contributed by atoms with Gasteiger partial charge in [0, 0.05) is 12.6 Å². The Hall–Kier alpha value is -1.61. The fraction of sp³-hybridized carbons (Fsp3) is 0.286. The molecule has 0 bridgehead atoms. The summed E-state index contributed by atoms with van der Waals surface area (Å²) in [6.45, 7) is 4.16. The molecule has 0 saturated carbocycles. The van der Waals surface area contributed by atoms with Gasteiger partial charge in [0.1, 0.15) is 16.5 Å². The van der Waals surface area contributed by atoms with Crippen LogP contribution in [-0.4, -0.2) is 15.6 Å². The monoisotopic (exact) mass is 260 g/mol. The third kappa shape index (κ3) is 1.95. The van der Waals surface area contributed by atoms with Gasteiger partial charge in [0.05, 0.1) is 5.56 Å². The van der Waals surface area contributed by atoms with Gasteiger partial charge in [0.25, 0.3) is 0 Å². The molecule has 0 aliphatic carbocycles. The first-order chi connectivity index (χ1) is 8.55. The number of hydrogen-bond donors (Lipinski definition) is 0. The molecule has 0 unspecified atom stereocenters. The normalized spacial score (nSPS) is 16.2. The summed E-state index contributed by atoms with van der Waals surface area (Å²) in [7, 11) is 0. The molecule has 3 nitrogen and oxygen atoms in total. The standard InChI is InChI=1S/C14H13ClN2O/c1-14(2)8-9-4-3-5-10(12(9)18-14)13-16-7-6-11(15)17-13/h3-7H,8H2,1-2H3. The van der Waals surface area contributed by atoms with Crippen LogP contribution in [0, 0.1) is 0 Å². The molecule has 0 N–H and O–H groups in total. The average Bonchev–Trinajstić information content (AvgIpc) is 2.62. The van der Waals surface area contributed by atoms with Crippen molar-refractivity contribution in [3.8, 4) is 17.1 Å². The van der Waals surface area contributed by atoms with E-state index in [9.17, 15) is 0 Å². The molecule has 0 saturated heterocycles. The van der Waals surface area contributed by atoms with Gasteiger partial charge in [-0.15, -0.1) is 0 Å². The lowest BCUT2D eigenvalue weighted by Crippen LogP contribution is -2.24. The number of para-hydroxylation sites is 1. The van der Waals surface area contributed by atoms with Crippen LogP contribution in [-0.2, 0) is 6.42 Å². The van der Waals surface area contributed by atoms with E-state index in [2.05, 4.69) is 29.9 Å². The zero-order chi connectivity index (χ0) is 12.8. The largest absolute Gasteiger partial charge is 0.486 e. The molecule has 0 amide bonds. The summed E-state index contributed by atoms with van der Waals surface area (Å²) in [6.07, 6.45) is 2.56. The number of benzene rings is 1. The van der Waals surface area contributed by atoms with Crippen LogP contribution in [0.4, 0.5) is 0 Å². The molecule has 18 heavy (non-hydrogen) atoms. The van der Waals surface area contributed by atoms with Gasteiger partial charge in [-0.2, -0.15) is 0 Å². The molecule has 0 fully saturated rings. The van der Waals surface area contributed by atoms with Crippen LogP contribution >= 0.6 is 11.6 Å². The van der Waals surface area contributed by atoms with E-state index in [1.807, 2.05) is 12.1 Å². The van der Waals surface area contributed by atoms with E-state index in [1.54, 1.807) is 12.3 Å². The van der Waals surface area contributed by atoms with Crippen LogP contribution in [0.15, 0.2) is 30.5 Å². The lowest BCUT2D eigenvalue weighted by molar-refractivity contribution is 0.139. The summed E-state index contributed by atoms with van der Waals surface area (Å²) in [6, 6.07) is 7.71. The molecular weight excluding hydrogens is 248 g/mol. The highest BCUT2D eigenvalue weighted by Gasteiger charge is 2.32. The van der Waals surface area contributed by atoms with Crippen molar-refractivity contribution in [1.82, 2.24) is 9.97 Å². The zero-order valence-corrected chi connectivity index (χ0v) is 11.0. The molecule has 2 aromatic rings. The quantitative estimate of drug-likeness (QED) is 0.736. The van der Waals surface area contributed by atoms with Crippen LogP contribution in [0.2, 0.25) is 5.15 Å². The van der Waals surface area contributed by atoms with Gasteiger partial charge in [-0.05, 0) is 31.5 Å². The molecule has 0 atom stereocenters. The minimum Gasteiger partial charge on any atom is -0.486 e. The second-order valence-electron chi connectivity index (χ2n) is 5.04. The van der Waals surface area contributed by atoms with E-state index < -0.39 is 0 Å². The first-order valence-electron chi connectivity index (χ1n) is 5.85. The highest BCUT2D eigenvalue weighted by atomic mass is 35.5. The van der Waals surface area contributed by atoms with E-state index in [-0.39, 0.29) is 5.60 Å². The lowest BCUT2D eigenvalue weighted by Gasteiger charge is -2.17. The molecule has 1 aromatic heterocycles. The Labute approximate surface area is 111 Å². The van der Waals surface area contributed by atoms with Crippen molar-refractivity contribution in [3.05, 3.63) is 41.2 Å². The second kappa shape index (κ2) is 3.95. The Balaban J connectivity index is 2.13. The molecule has 1 aromatic carbocycles.